The molecule has 6 nitrogen and oxygen atoms in total. The third-order valence-electron chi connectivity index (χ3n) is 6.57. The maximum atomic E-state index is 12.9. The van der Waals surface area contributed by atoms with E-state index in [9.17, 15) is 14.7 Å². The summed E-state index contributed by atoms with van der Waals surface area (Å²) in [5.41, 5.74) is 4.05. The Kier molecular flexibility index (Phi) is 5.45. The van der Waals surface area contributed by atoms with E-state index in [1.165, 1.54) is 0 Å². The topological polar surface area (TPSA) is 73.7 Å². The van der Waals surface area contributed by atoms with E-state index in [0.29, 0.717) is 12.2 Å². The minimum atomic E-state index is -0.247. The molecule has 3 aromatic rings. The summed E-state index contributed by atoms with van der Waals surface area (Å²) in [6.07, 6.45) is 1.85. The van der Waals surface area contributed by atoms with Crippen LogP contribution in [0.2, 0.25) is 0 Å². The van der Waals surface area contributed by atoms with Crippen molar-refractivity contribution >= 4 is 11.8 Å². The third kappa shape index (κ3) is 3.67. The number of nitrogens with zero attached hydrogens (tertiary/aromatic N) is 3. The molecule has 3 atom stereocenters. The molecule has 6 heteroatoms. The molecule has 0 aliphatic carbocycles. The van der Waals surface area contributed by atoms with Crippen LogP contribution in [0.1, 0.15) is 17.2 Å². The highest BCUT2D eigenvalue weighted by atomic mass is 16.3. The van der Waals surface area contributed by atoms with E-state index < -0.39 is 0 Å². The van der Waals surface area contributed by atoms with Crippen molar-refractivity contribution in [3.63, 3.8) is 0 Å². The lowest BCUT2D eigenvalue weighted by Gasteiger charge is -2.58. The van der Waals surface area contributed by atoms with Gasteiger partial charge in [-0.2, -0.15) is 0 Å². The van der Waals surface area contributed by atoms with Crippen molar-refractivity contribution in [2.24, 2.45) is 0 Å². The van der Waals surface area contributed by atoms with Gasteiger partial charge in [0, 0.05) is 24.4 Å². The summed E-state index contributed by atoms with van der Waals surface area (Å²) in [5, 5.41) is 9.99. The monoisotopic (exact) mass is 427 g/mol. The first-order valence-electron chi connectivity index (χ1n) is 10.9. The summed E-state index contributed by atoms with van der Waals surface area (Å²) in [4.78, 5) is 33.3. The van der Waals surface area contributed by atoms with E-state index in [1.54, 1.807) is 16.0 Å². The van der Waals surface area contributed by atoms with Crippen molar-refractivity contribution in [3.8, 4) is 11.1 Å². The standard InChI is InChI=1S/C26H25N3O3/c30-17-23-26(20-11-9-19(10-12-20)18-6-2-1-3-7-18)22-15-28(16-25(32)29(22)23)24(31)14-21-8-4-5-13-27-21/h1-13,22-23,26,30H,14-17H2/t22-,23+,26+/m0/s1. The molecule has 0 spiro atoms. The summed E-state index contributed by atoms with van der Waals surface area (Å²) in [7, 11) is 0. The zero-order chi connectivity index (χ0) is 22.1. The smallest absolute Gasteiger partial charge is 0.242 e. The molecule has 2 aromatic carbocycles. The molecule has 162 valence electrons. The molecule has 0 saturated carbocycles. The van der Waals surface area contributed by atoms with Gasteiger partial charge in [0.25, 0.3) is 0 Å². The lowest BCUT2D eigenvalue weighted by Crippen LogP contribution is -2.73. The van der Waals surface area contributed by atoms with Crippen molar-refractivity contribution in [3.05, 3.63) is 90.3 Å². The summed E-state index contributed by atoms with van der Waals surface area (Å²) in [6, 6.07) is 23.6. The van der Waals surface area contributed by atoms with E-state index in [4.69, 9.17) is 0 Å². The molecule has 3 heterocycles. The maximum absolute atomic E-state index is 12.9. The average Bonchev–Trinajstić information content (AvgIpc) is 2.82. The first-order valence-corrected chi connectivity index (χ1v) is 10.9. The molecule has 2 amide bonds. The molecule has 2 aliphatic heterocycles. The quantitative estimate of drug-likeness (QED) is 0.679. The third-order valence-corrected chi connectivity index (χ3v) is 6.57. The van der Waals surface area contributed by atoms with Crippen molar-refractivity contribution in [1.29, 1.82) is 0 Å². The van der Waals surface area contributed by atoms with E-state index >= 15 is 0 Å². The molecule has 2 aliphatic rings. The first-order chi connectivity index (χ1) is 15.7. The summed E-state index contributed by atoms with van der Waals surface area (Å²) >= 11 is 0. The van der Waals surface area contributed by atoms with Crippen LogP contribution >= 0.6 is 0 Å². The molecular weight excluding hydrogens is 402 g/mol. The highest BCUT2D eigenvalue weighted by molar-refractivity contribution is 5.88. The van der Waals surface area contributed by atoms with Crippen LogP contribution in [-0.4, -0.2) is 63.5 Å². The molecule has 0 bridgehead atoms. The van der Waals surface area contributed by atoms with Gasteiger partial charge in [0.2, 0.25) is 11.8 Å². The number of aromatic nitrogens is 1. The van der Waals surface area contributed by atoms with Gasteiger partial charge in [-0.3, -0.25) is 14.6 Å². The van der Waals surface area contributed by atoms with E-state index in [-0.39, 0.29) is 49.4 Å². The number of piperazine rings is 1. The molecule has 32 heavy (non-hydrogen) atoms. The Bertz CT molecular complexity index is 1100. The summed E-state index contributed by atoms with van der Waals surface area (Å²) < 4.78 is 0. The normalized spacial score (nSPS) is 22.3. The number of carbonyl (C=O) groups is 2. The van der Waals surface area contributed by atoms with E-state index in [2.05, 4.69) is 41.4 Å². The molecule has 5 rings (SSSR count). The number of aliphatic hydroxyl groups is 1. The number of hydrogen-bond donors (Lipinski definition) is 1. The maximum Gasteiger partial charge on any atom is 0.242 e. The number of amides is 2. The summed E-state index contributed by atoms with van der Waals surface area (Å²) in [5.74, 6) is -0.201. The summed E-state index contributed by atoms with van der Waals surface area (Å²) in [6.45, 7) is 0.437. The van der Waals surface area contributed by atoms with Gasteiger partial charge < -0.3 is 14.9 Å². The Hall–Kier alpha value is -3.51. The predicted octanol–water partition coefficient (Wildman–Crippen LogP) is 2.49. The van der Waals surface area contributed by atoms with Crippen LogP contribution in [0.3, 0.4) is 0 Å². The second-order valence-electron chi connectivity index (χ2n) is 8.40. The second-order valence-corrected chi connectivity index (χ2v) is 8.40. The van der Waals surface area contributed by atoms with Crippen LogP contribution < -0.4 is 0 Å². The zero-order valence-corrected chi connectivity index (χ0v) is 17.7. The molecule has 0 radical (unpaired) electrons. The number of fused-ring (bicyclic) bond motifs is 1. The predicted molar refractivity (Wildman–Crippen MR) is 121 cm³/mol. The SMILES string of the molecule is O=C(Cc1ccccn1)N1CC(=O)N2[C@H](CO)[C@H](c3ccc(-c4ccccc4)cc3)[C@@H]2C1. The van der Waals surface area contributed by atoms with Crippen LogP contribution in [-0.2, 0) is 16.0 Å². The van der Waals surface area contributed by atoms with E-state index in [0.717, 1.165) is 16.7 Å². The van der Waals surface area contributed by atoms with Crippen molar-refractivity contribution in [2.75, 3.05) is 19.7 Å². The number of aliphatic hydroxyl groups excluding tert-OH is 1. The molecule has 1 aromatic heterocycles. The zero-order valence-electron chi connectivity index (χ0n) is 17.7. The van der Waals surface area contributed by atoms with Crippen LogP contribution in [0.25, 0.3) is 11.1 Å². The van der Waals surface area contributed by atoms with E-state index in [1.807, 2.05) is 36.4 Å². The van der Waals surface area contributed by atoms with Crippen LogP contribution in [0.15, 0.2) is 79.0 Å². The lowest BCUT2D eigenvalue weighted by molar-refractivity contribution is -0.166. The highest BCUT2D eigenvalue weighted by Gasteiger charge is 2.54. The van der Waals surface area contributed by atoms with Crippen molar-refractivity contribution in [2.45, 2.75) is 24.4 Å². The van der Waals surface area contributed by atoms with Gasteiger partial charge in [-0.1, -0.05) is 60.7 Å². The van der Waals surface area contributed by atoms with Gasteiger partial charge >= 0.3 is 0 Å². The first kappa shape index (κ1) is 20.4. The Morgan fingerprint density at radius 1 is 0.969 bits per heavy atom. The second kappa shape index (κ2) is 8.55. The Morgan fingerprint density at radius 2 is 1.69 bits per heavy atom. The Morgan fingerprint density at radius 3 is 2.38 bits per heavy atom. The number of carbonyl (C=O) groups excluding carboxylic acids is 2. The number of rotatable bonds is 5. The van der Waals surface area contributed by atoms with Gasteiger partial charge in [-0.05, 0) is 28.8 Å². The van der Waals surface area contributed by atoms with Gasteiger partial charge in [-0.25, -0.2) is 0 Å². The fourth-order valence-electron chi connectivity index (χ4n) is 4.99. The number of hydrogen-bond acceptors (Lipinski definition) is 4. The molecule has 0 unspecified atom stereocenters. The van der Waals surface area contributed by atoms with Crippen molar-refractivity contribution < 1.29 is 14.7 Å². The van der Waals surface area contributed by atoms with Crippen LogP contribution in [0.4, 0.5) is 0 Å². The number of benzene rings is 2. The van der Waals surface area contributed by atoms with Crippen molar-refractivity contribution in [1.82, 2.24) is 14.8 Å². The van der Waals surface area contributed by atoms with Crippen LogP contribution in [0, 0.1) is 0 Å². The Balaban J connectivity index is 1.34. The van der Waals surface area contributed by atoms with Gasteiger partial charge in [0.05, 0.1) is 31.7 Å². The Labute approximate surface area is 187 Å². The largest absolute Gasteiger partial charge is 0.394 e. The van der Waals surface area contributed by atoms with Gasteiger partial charge in [0.1, 0.15) is 0 Å². The lowest BCUT2D eigenvalue weighted by atomic mass is 9.73. The molecular formula is C26H25N3O3. The molecule has 2 fully saturated rings. The molecule has 2 saturated heterocycles. The minimum absolute atomic E-state index is 0.000719. The van der Waals surface area contributed by atoms with Gasteiger partial charge in [0.15, 0.2) is 0 Å². The highest BCUT2D eigenvalue weighted by Crippen LogP contribution is 2.43. The minimum Gasteiger partial charge on any atom is -0.394 e. The van der Waals surface area contributed by atoms with Gasteiger partial charge in [-0.15, -0.1) is 0 Å². The number of pyridine rings is 1. The average molecular weight is 428 g/mol. The molecule has 1 N–H and O–H groups in total. The van der Waals surface area contributed by atoms with Crippen LogP contribution in [0.5, 0.6) is 0 Å². The fourth-order valence-corrected chi connectivity index (χ4v) is 4.99. The fraction of sp³-hybridized carbons (Fsp3) is 0.269.